The summed E-state index contributed by atoms with van der Waals surface area (Å²) in [7, 11) is 0. The van der Waals surface area contributed by atoms with Crippen LogP contribution in [0.15, 0.2) is 15.1 Å². The standard InChI is InChI=1S/C7H5Br2F2NO/c8-4-1-3(2-13)5(9)6(12-4)7(10)11/h1,7,13H,2H2. The monoisotopic (exact) mass is 315 g/mol. The van der Waals surface area contributed by atoms with Crippen LogP contribution in [0.5, 0.6) is 0 Å². The van der Waals surface area contributed by atoms with E-state index in [2.05, 4.69) is 36.8 Å². The molecule has 0 aliphatic heterocycles. The van der Waals surface area contributed by atoms with Crippen molar-refractivity contribution in [2.45, 2.75) is 13.0 Å². The molecule has 0 saturated heterocycles. The number of aromatic nitrogens is 1. The van der Waals surface area contributed by atoms with Crippen LogP contribution in [0.3, 0.4) is 0 Å². The second-order valence-corrected chi connectivity index (χ2v) is 3.87. The zero-order chi connectivity index (χ0) is 10.0. The van der Waals surface area contributed by atoms with Crippen LogP contribution >= 0.6 is 31.9 Å². The molecule has 0 fully saturated rings. The van der Waals surface area contributed by atoms with Gasteiger partial charge in [-0.25, -0.2) is 13.8 Å². The summed E-state index contributed by atoms with van der Waals surface area (Å²) < 4.78 is 25.1. The number of alkyl halides is 2. The first-order valence-corrected chi connectivity index (χ1v) is 4.88. The van der Waals surface area contributed by atoms with Gasteiger partial charge in [0.1, 0.15) is 10.3 Å². The highest BCUT2D eigenvalue weighted by Crippen LogP contribution is 2.30. The third-order valence-corrected chi connectivity index (χ3v) is 2.73. The van der Waals surface area contributed by atoms with E-state index in [1.54, 1.807) is 0 Å². The molecule has 1 rings (SSSR count). The summed E-state index contributed by atoms with van der Waals surface area (Å²) in [6, 6.07) is 1.48. The molecule has 72 valence electrons. The van der Waals surface area contributed by atoms with Gasteiger partial charge in [-0.2, -0.15) is 0 Å². The SMILES string of the molecule is OCc1cc(Br)nc(C(F)F)c1Br. The van der Waals surface area contributed by atoms with Crippen LogP contribution in [0.2, 0.25) is 0 Å². The van der Waals surface area contributed by atoms with Crippen LogP contribution in [-0.4, -0.2) is 10.1 Å². The smallest absolute Gasteiger partial charge is 0.281 e. The number of aliphatic hydroxyl groups excluding tert-OH is 1. The highest BCUT2D eigenvalue weighted by molar-refractivity contribution is 9.11. The third kappa shape index (κ3) is 2.45. The van der Waals surface area contributed by atoms with Gasteiger partial charge >= 0.3 is 0 Å². The molecule has 0 aliphatic rings. The highest BCUT2D eigenvalue weighted by Gasteiger charge is 2.17. The van der Waals surface area contributed by atoms with Gasteiger partial charge in [-0.1, -0.05) is 0 Å². The molecule has 0 unspecified atom stereocenters. The van der Waals surface area contributed by atoms with Gasteiger partial charge in [0.15, 0.2) is 0 Å². The van der Waals surface area contributed by atoms with E-state index in [1.165, 1.54) is 6.07 Å². The minimum Gasteiger partial charge on any atom is -0.392 e. The lowest BCUT2D eigenvalue weighted by Gasteiger charge is -2.07. The molecule has 0 atom stereocenters. The van der Waals surface area contributed by atoms with E-state index in [9.17, 15) is 8.78 Å². The largest absolute Gasteiger partial charge is 0.392 e. The molecule has 1 aromatic rings. The number of pyridine rings is 1. The molecule has 0 saturated carbocycles. The number of hydrogen-bond donors (Lipinski definition) is 1. The average molecular weight is 317 g/mol. The molecule has 6 heteroatoms. The van der Waals surface area contributed by atoms with Crippen LogP contribution in [-0.2, 0) is 6.61 Å². The Balaban J connectivity index is 3.27. The molecule has 0 aromatic carbocycles. The van der Waals surface area contributed by atoms with E-state index in [0.717, 1.165) is 0 Å². The zero-order valence-corrected chi connectivity index (χ0v) is 9.44. The molecule has 13 heavy (non-hydrogen) atoms. The fourth-order valence-corrected chi connectivity index (χ4v) is 1.80. The Hall–Kier alpha value is -0.0700. The van der Waals surface area contributed by atoms with E-state index in [0.29, 0.717) is 5.56 Å². The fourth-order valence-electron chi connectivity index (χ4n) is 0.828. The first-order chi connectivity index (χ1) is 6.06. The van der Waals surface area contributed by atoms with Gasteiger partial charge in [-0.3, -0.25) is 0 Å². The number of nitrogens with zero attached hydrogens (tertiary/aromatic N) is 1. The Morgan fingerprint density at radius 2 is 2.08 bits per heavy atom. The average Bonchev–Trinajstić information content (AvgIpc) is 2.08. The van der Waals surface area contributed by atoms with Crippen LogP contribution in [0.4, 0.5) is 8.78 Å². The Morgan fingerprint density at radius 1 is 1.46 bits per heavy atom. The minimum absolute atomic E-state index is 0.160. The highest BCUT2D eigenvalue weighted by atomic mass is 79.9. The molecule has 0 aliphatic carbocycles. The summed E-state index contributed by atoms with van der Waals surface area (Å²) in [6.45, 7) is -0.304. The normalized spacial score (nSPS) is 10.9. The summed E-state index contributed by atoms with van der Waals surface area (Å²) in [5.41, 5.74) is 0.0237. The van der Waals surface area contributed by atoms with Crippen molar-refractivity contribution in [3.63, 3.8) is 0 Å². The van der Waals surface area contributed by atoms with Gasteiger partial charge in [0.05, 0.1) is 11.1 Å². The van der Waals surface area contributed by atoms with Crippen molar-refractivity contribution in [1.82, 2.24) is 4.98 Å². The second kappa shape index (κ2) is 4.43. The maximum Gasteiger partial charge on any atom is 0.281 e. The van der Waals surface area contributed by atoms with Crippen LogP contribution in [0.1, 0.15) is 17.7 Å². The summed E-state index contributed by atoms with van der Waals surface area (Å²) in [5, 5.41) is 8.83. The third-order valence-electron chi connectivity index (χ3n) is 1.40. The first-order valence-electron chi connectivity index (χ1n) is 3.30. The Labute approximate surface area is 90.2 Å². The van der Waals surface area contributed by atoms with Gasteiger partial charge < -0.3 is 5.11 Å². The summed E-state index contributed by atoms with van der Waals surface area (Å²) in [6.07, 6.45) is -2.66. The Kier molecular flexibility index (Phi) is 3.75. The van der Waals surface area contributed by atoms with Gasteiger partial charge in [0, 0.05) is 0 Å². The van der Waals surface area contributed by atoms with Crippen molar-refractivity contribution in [3.05, 3.63) is 26.4 Å². The molecular formula is C7H5Br2F2NO. The van der Waals surface area contributed by atoms with E-state index >= 15 is 0 Å². The summed E-state index contributed by atoms with van der Waals surface area (Å²) >= 11 is 5.93. The minimum atomic E-state index is -2.66. The number of rotatable bonds is 2. The lowest BCUT2D eigenvalue weighted by molar-refractivity contribution is 0.144. The number of halogens is 4. The summed E-state index contributed by atoms with van der Waals surface area (Å²) in [4.78, 5) is 3.59. The van der Waals surface area contributed by atoms with Crippen molar-refractivity contribution < 1.29 is 13.9 Å². The number of hydrogen-bond acceptors (Lipinski definition) is 2. The lowest BCUT2D eigenvalue weighted by atomic mass is 10.2. The zero-order valence-electron chi connectivity index (χ0n) is 6.27. The predicted octanol–water partition coefficient (Wildman–Crippen LogP) is 3.04. The molecule has 1 N–H and O–H groups in total. The predicted molar refractivity (Wildman–Crippen MR) is 50.5 cm³/mol. The molecule has 0 amide bonds. The molecule has 0 spiro atoms. The van der Waals surface area contributed by atoms with Crippen molar-refractivity contribution in [2.24, 2.45) is 0 Å². The quantitative estimate of drug-likeness (QED) is 0.851. The van der Waals surface area contributed by atoms with E-state index < -0.39 is 6.43 Å². The molecule has 1 aromatic heterocycles. The van der Waals surface area contributed by atoms with Crippen LogP contribution in [0, 0.1) is 0 Å². The van der Waals surface area contributed by atoms with E-state index in [-0.39, 0.29) is 21.4 Å². The molecular weight excluding hydrogens is 312 g/mol. The Morgan fingerprint density at radius 3 is 2.54 bits per heavy atom. The molecule has 0 bridgehead atoms. The maximum absolute atomic E-state index is 12.3. The molecule has 1 heterocycles. The topological polar surface area (TPSA) is 33.1 Å². The van der Waals surface area contributed by atoms with Crippen molar-refractivity contribution in [1.29, 1.82) is 0 Å². The first kappa shape index (κ1) is 11.0. The van der Waals surface area contributed by atoms with Crippen LogP contribution in [0.25, 0.3) is 0 Å². The summed E-state index contributed by atoms with van der Waals surface area (Å²) in [5.74, 6) is 0. The number of aliphatic hydroxyl groups is 1. The van der Waals surface area contributed by atoms with Gasteiger partial charge in [-0.15, -0.1) is 0 Å². The van der Waals surface area contributed by atoms with E-state index in [4.69, 9.17) is 5.11 Å². The molecule has 0 radical (unpaired) electrons. The Bertz CT molecular complexity index is 320. The second-order valence-electron chi connectivity index (χ2n) is 2.26. The fraction of sp³-hybridized carbons (Fsp3) is 0.286. The van der Waals surface area contributed by atoms with Crippen LogP contribution < -0.4 is 0 Å². The lowest BCUT2D eigenvalue weighted by Crippen LogP contribution is -1.97. The van der Waals surface area contributed by atoms with Crippen molar-refractivity contribution in [3.8, 4) is 0 Å². The van der Waals surface area contributed by atoms with Gasteiger partial charge in [0.2, 0.25) is 0 Å². The molecule has 2 nitrogen and oxygen atoms in total. The van der Waals surface area contributed by atoms with Gasteiger partial charge in [0.25, 0.3) is 6.43 Å². The van der Waals surface area contributed by atoms with Crippen molar-refractivity contribution >= 4 is 31.9 Å². The van der Waals surface area contributed by atoms with Gasteiger partial charge in [-0.05, 0) is 43.5 Å². The van der Waals surface area contributed by atoms with E-state index in [1.807, 2.05) is 0 Å². The maximum atomic E-state index is 12.3. The van der Waals surface area contributed by atoms with Crippen molar-refractivity contribution in [2.75, 3.05) is 0 Å².